The van der Waals surface area contributed by atoms with Crippen LogP contribution >= 0.6 is 0 Å². The Kier molecular flexibility index (Phi) is 7.47. The van der Waals surface area contributed by atoms with Gasteiger partial charge in [0.15, 0.2) is 0 Å². The quantitative estimate of drug-likeness (QED) is 0.279. The van der Waals surface area contributed by atoms with Crippen molar-refractivity contribution in [2.75, 3.05) is 0 Å². The van der Waals surface area contributed by atoms with E-state index in [2.05, 4.69) is 61.1 Å². The maximum atomic E-state index is 11.5. The number of rotatable bonds is 6. The van der Waals surface area contributed by atoms with Gasteiger partial charge in [0, 0.05) is 13.3 Å². The summed E-state index contributed by atoms with van der Waals surface area (Å²) in [5.74, 6) is 4.73. The summed E-state index contributed by atoms with van der Waals surface area (Å²) in [4.78, 5) is 11.5. The summed E-state index contributed by atoms with van der Waals surface area (Å²) in [5.41, 5.74) is 4.11. The minimum atomic E-state index is -0.121. The second-order valence-electron chi connectivity index (χ2n) is 14.8. The Morgan fingerprint density at radius 3 is 2.43 bits per heavy atom. The van der Waals surface area contributed by atoms with Crippen molar-refractivity contribution in [3.63, 3.8) is 0 Å². The molecule has 0 aromatic rings. The van der Waals surface area contributed by atoms with Gasteiger partial charge in [-0.15, -0.1) is 0 Å². The van der Waals surface area contributed by atoms with Crippen molar-refractivity contribution in [1.29, 1.82) is 0 Å². The largest absolute Gasteiger partial charge is 0.462 e. The number of hydrogen-bond donors (Lipinski definition) is 0. The van der Waals surface area contributed by atoms with Gasteiger partial charge >= 0.3 is 5.97 Å². The van der Waals surface area contributed by atoms with Crippen molar-refractivity contribution in [3.8, 4) is 0 Å². The number of carbonyl (C=O) groups is 1. The molecule has 2 heteroatoms. The average Bonchev–Trinajstić information content (AvgIpc) is 3.09. The molecular formula is C33H54O2. The highest BCUT2D eigenvalue weighted by Crippen LogP contribution is 2.67. The van der Waals surface area contributed by atoms with Gasteiger partial charge in [0.1, 0.15) is 6.10 Å². The summed E-state index contributed by atoms with van der Waals surface area (Å²) in [6.45, 7) is 23.1. The van der Waals surface area contributed by atoms with Crippen molar-refractivity contribution in [3.05, 3.63) is 23.8 Å². The first-order chi connectivity index (χ1) is 16.3. The SMILES string of the molecule is C=C(C)C(CC[C@@H](C)[C@H]1CC[C@H]2[C@@H]3CC=C4C[C@@H](OC(C)=O)CC[C@]4(C)[C@H]3CC[C@]12C)C(C)(C)C. The van der Waals surface area contributed by atoms with Crippen LogP contribution < -0.4 is 0 Å². The normalized spacial score (nSPS) is 40.6. The number of carbonyl (C=O) groups excluding carboxylic acids is 1. The molecule has 1 unspecified atom stereocenters. The molecule has 0 amide bonds. The summed E-state index contributed by atoms with van der Waals surface area (Å²) >= 11 is 0. The number of fused-ring (bicyclic) bond motifs is 5. The molecule has 0 bridgehead atoms. The lowest BCUT2D eigenvalue weighted by molar-refractivity contribution is -0.148. The van der Waals surface area contributed by atoms with E-state index in [0.717, 1.165) is 42.4 Å². The molecule has 3 saturated carbocycles. The van der Waals surface area contributed by atoms with Gasteiger partial charge in [-0.3, -0.25) is 4.79 Å². The molecule has 4 aliphatic rings. The summed E-state index contributed by atoms with van der Waals surface area (Å²) in [6, 6.07) is 0. The first-order valence-electron chi connectivity index (χ1n) is 14.8. The lowest BCUT2D eigenvalue weighted by Gasteiger charge is -2.58. The minimum absolute atomic E-state index is 0.102. The van der Waals surface area contributed by atoms with Gasteiger partial charge in [0.05, 0.1) is 0 Å². The Morgan fingerprint density at radius 2 is 1.80 bits per heavy atom. The van der Waals surface area contributed by atoms with Crippen molar-refractivity contribution in [2.24, 2.45) is 51.8 Å². The van der Waals surface area contributed by atoms with Crippen LogP contribution in [0.15, 0.2) is 23.8 Å². The smallest absolute Gasteiger partial charge is 0.302 e. The first kappa shape index (κ1) is 27.0. The van der Waals surface area contributed by atoms with Gasteiger partial charge in [-0.1, -0.05) is 65.3 Å². The summed E-state index contributed by atoms with van der Waals surface area (Å²) < 4.78 is 5.64. The molecular weight excluding hydrogens is 428 g/mol. The Labute approximate surface area is 216 Å². The molecule has 0 aromatic carbocycles. The lowest BCUT2D eigenvalue weighted by Crippen LogP contribution is -2.51. The molecule has 198 valence electrons. The van der Waals surface area contributed by atoms with Gasteiger partial charge in [0.25, 0.3) is 0 Å². The van der Waals surface area contributed by atoms with E-state index in [9.17, 15) is 4.79 Å². The van der Waals surface area contributed by atoms with Crippen LogP contribution in [0.5, 0.6) is 0 Å². The Bertz CT molecular complexity index is 846. The average molecular weight is 483 g/mol. The van der Waals surface area contributed by atoms with Crippen molar-refractivity contribution < 1.29 is 9.53 Å². The second-order valence-corrected chi connectivity index (χ2v) is 14.8. The van der Waals surface area contributed by atoms with Gasteiger partial charge in [-0.2, -0.15) is 0 Å². The van der Waals surface area contributed by atoms with Crippen LogP contribution in [-0.2, 0) is 9.53 Å². The summed E-state index contributed by atoms with van der Waals surface area (Å²) in [7, 11) is 0. The predicted octanol–water partition coefficient (Wildman–Crippen LogP) is 9.15. The Hall–Kier alpha value is -1.05. The fourth-order valence-electron chi connectivity index (χ4n) is 9.99. The van der Waals surface area contributed by atoms with E-state index in [0.29, 0.717) is 22.2 Å². The van der Waals surface area contributed by atoms with Crippen LogP contribution in [0.25, 0.3) is 0 Å². The van der Waals surface area contributed by atoms with E-state index in [1.807, 2.05) is 0 Å². The van der Waals surface area contributed by atoms with Crippen LogP contribution in [-0.4, -0.2) is 12.1 Å². The highest BCUT2D eigenvalue weighted by Gasteiger charge is 2.59. The molecule has 0 heterocycles. The molecule has 35 heavy (non-hydrogen) atoms. The third-order valence-corrected chi connectivity index (χ3v) is 11.7. The standard InChI is InChI=1S/C33H54O2/c1-21(2)27(31(5,6)7)13-10-22(3)28-14-15-29-26-12-11-24-20-25(35-23(4)34)16-18-32(24,8)30(26)17-19-33(28,29)9/h11,22,25-30H,1,10,12-20H2,2-9H3/t22-,25+,26+,27?,28-,29+,30+,32+,33-/m1/s1. The molecule has 9 atom stereocenters. The Balaban J connectivity index is 1.46. The maximum absolute atomic E-state index is 11.5. The number of allylic oxidation sites excluding steroid dienone is 2. The zero-order valence-corrected chi connectivity index (χ0v) is 24.2. The molecule has 0 spiro atoms. The van der Waals surface area contributed by atoms with Crippen LogP contribution in [0, 0.1) is 51.8 Å². The predicted molar refractivity (Wildman–Crippen MR) is 147 cm³/mol. The van der Waals surface area contributed by atoms with Crippen molar-refractivity contribution in [2.45, 2.75) is 126 Å². The fraction of sp³-hybridized carbons (Fsp3) is 0.848. The molecule has 0 aromatic heterocycles. The van der Waals surface area contributed by atoms with E-state index in [1.165, 1.54) is 56.9 Å². The third-order valence-electron chi connectivity index (χ3n) is 11.7. The summed E-state index contributed by atoms with van der Waals surface area (Å²) in [6.07, 6.45) is 15.5. The van der Waals surface area contributed by atoms with Gasteiger partial charge in [-0.25, -0.2) is 0 Å². The number of esters is 1. The van der Waals surface area contributed by atoms with Gasteiger partial charge in [0.2, 0.25) is 0 Å². The highest BCUT2D eigenvalue weighted by atomic mass is 16.5. The molecule has 0 aliphatic heterocycles. The van der Waals surface area contributed by atoms with Crippen molar-refractivity contribution in [1.82, 2.24) is 0 Å². The molecule has 0 N–H and O–H groups in total. The molecule has 0 radical (unpaired) electrons. The zero-order chi connectivity index (χ0) is 25.8. The monoisotopic (exact) mass is 482 g/mol. The molecule has 4 rings (SSSR count). The van der Waals surface area contributed by atoms with Crippen LogP contribution in [0.3, 0.4) is 0 Å². The minimum Gasteiger partial charge on any atom is -0.462 e. The van der Waals surface area contributed by atoms with Gasteiger partial charge in [-0.05, 0) is 116 Å². The van der Waals surface area contributed by atoms with Crippen LogP contribution in [0.2, 0.25) is 0 Å². The van der Waals surface area contributed by atoms with E-state index < -0.39 is 0 Å². The molecule has 4 aliphatic carbocycles. The van der Waals surface area contributed by atoms with Crippen LogP contribution in [0.1, 0.15) is 120 Å². The summed E-state index contributed by atoms with van der Waals surface area (Å²) in [5, 5.41) is 0. The third kappa shape index (κ3) is 4.94. The topological polar surface area (TPSA) is 26.3 Å². The molecule has 3 fully saturated rings. The second kappa shape index (κ2) is 9.68. The van der Waals surface area contributed by atoms with E-state index in [1.54, 1.807) is 12.5 Å². The Morgan fingerprint density at radius 1 is 1.09 bits per heavy atom. The first-order valence-corrected chi connectivity index (χ1v) is 14.8. The molecule has 2 nitrogen and oxygen atoms in total. The lowest BCUT2D eigenvalue weighted by atomic mass is 9.47. The fourth-order valence-corrected chi connectivity index (χ4v) is 9.99. The van der Waals surface area contributed by atoms with E-state index in [4.69, 9.17) is 4.74 Å². The molecule has 0 saturated heterocycles. The maximum Gasteiger partial charge on any atom is 0.302 e. The highest BCUT2D eigenvalue weighted by molar-refractivity contribution is 5.66. The number of ether oxygens (including phenoxy) is 1. The van der Waals surface area contributed by atoms with Gasteiger partial charge < -0.3 is 4.74 Å². The van der Waals surface area contributed by atoms with E-state index >= 15 is 0 Å². The van der Waals surface area contributed by atoms with Crippen LogP contribution in [0.4, 0.5) is 0 Å². The van der Waals surface area contributed by atoms with Crippen molar-refractivity contribution >= 4 is 5.97 Å². The van der Waals surface area contributed by atoms with E-state index in [-0.39, 0.29) is 12.1 Å². The number of hydrogen-bond acceptors (Lipinski definition) is 2. The zero-order valence-electron chi connectivity index (χ0n) is 24.2.